The fourth-order valence-corrected chi connectivity index (χ4v) is 4.07. The number of rotatable bonds is 7. The molecule has 2 N–H and O–H groups in total. The molecule has 4 nitrogen and oxygen atoms in total. The first kappa shape index (κ1) is 18.7. The van der Waals surface area contributed by atoms with E-state index in [0.29, 0.717) is 5.92 Å². The van der Waals surface area contributed by atoms with E-state index in [-0.39, 0.29) is 26.5 Å². The van der Waals surface area contributed by atoms with Crippen molar-refractivity contribution in [3.05, 3.63) is 27.7 Å². The van der Waals surface area contributed by atoms with Crippen LogP contribution in [0.4, 0.5) is 0 Å². The molecule has 0 aliphatic heterocycles. The Balaban J connectivity index is 2.98. The van der Waals surface area contributed by atoms with Crippen LogP contribution in [0.3, 0.4) is 0 Å². The van der Waals surface area contributed by atoms with Gasteiger partial charge in [0.05, 0.1) is 11.6 Å². The quantitative estimate of drug-likeness (QED) is 0.786. The first-order valence-electron chi connectivity index (χ1n) is 6.79. The molecule has 0 saturated heterocycles. The van der Waals surface area contributed by atoms with Crippen molar-refractivity contribution in [3.8, 4) is 0 Å². The molecule has 0 bridgehead atoms. The molecule has 120 valence electrons. The second-order valence-electron chi connectivity index (χ2n) is 5.49. The van der Waals surface area contributed by atoms with Crippen LogP contribution in [0.25, 0.3) is 0 Å². The number of aliphatic hydroxyl groups excluding tert-OH is 1. The zero-order valence-electron chi connectivity index (χ0n) is 12.4. The second-order valence-corrected chi connectivity index (χ2v) is 7.96. The summed E-state index contributed by atoms with van der Waals surface area (Å²) in [6.07, 6.45) is 1.68. The highest BCUT2D eigenvalue weighted by Gasteiger charge is 2.23. The van der Waals surface area contributed by atoms with E-state index >= 15 is 0 Å². The topological polar surface area (TPSA) is 66.4 Å². The van der Waals surface area contributed by atoms with Crippen LogP contribution in [-0.2, 0) is 16.6 Å². The molecule has 1 aromatic carbocycles. The summed E-state index contributed by atoms with van der Waals surface area (Å²) in [5, 5.41) is 9.44. The summed E-state index contributed by atoms with van der Waals surface area (Å²) >= 11 is 11.9. The fourth-order valence-electron chi connectivity index (χ4n) is 1.90. The van der Waals surface area contributed by atoms with Crippen LogP contribution in [0.2, 0.25) is 10.0 Å². The maximum atomic E-state index is 12.4. The molecule has 7 heteroatoms. The lowest BCUT2D eigenvalue weighted by Gasteiger charge is -2.17. The third-order valence-electron chi connectivity index (χ3n) is 3.13. The number of sulfonamides is 1. The van der Waals surface area contributed by atoms with Crippen molar-refractivity contribution in [2.45, 2.75) is 51.2 Å². The Morgan fingerprint density at radius 1 is 1.19 bits per heavy atom. The van der Waals surface area contributed by atoms with E-state index in [1.165, 1.54) is 12.1 Å². The number of benzene rings is 1. The molecule has 0 aliphatic rings. The van der Waals surface area contributed by atoms with Crippen LogP contribution in [0.5, 0.6) is 0 Å². The van der Waals surface area contributed by atoms with Crippen molar-refractivity contribution in [2.75, 3.05) is 0 Å². The minimum atomic E-state index is -3.74. The molecule has 0 radical (unpaired) electrons. The Bertz CT molecular complexity index is 588. The standard InChI is InChI=1S/C14H21Cl2NO3S/c1-9(2)4-5-10(3)17-21(19,20)13-7-6-12(15)11(8-18)14(13)16/h6-7,9-10,17-18H,4-5,8H2,1-3H3. The van der Waals surface area contributed by atoms with E-state index in [0.717, 1.165) is 12.8 Å². The second kappa shape index (κ2) is 7.79. The summed E-state index contributed by atoms with van der Waals surface area (Å²) in [6, 6.07) is 2.58. The Labute approximate surface area is 136 Å². The van der Waals surface area contributed by atoms with Gasteiger partial charge in [0, 0.05) is 16.6 Å². The molecule has 1 atom stereocenters. The van der Waals surface area contributed by atoms with E-state index in [1.807, 2.05) is 6.92 Å². The monoisotopic (exact) mass is 353 g/mol. The molecular weight excluding hydrogens is 333 g/mol. The van der Waals surface area contributed by atoms with Gasteiger partial charge in [-0.3, -0.25) is 0 Å². The molecule has 0 aliphatic carbocycles. The summed E-state index contributed by atoms with van der Waals surface area (Å²) in [7, 11) is -3.74. The largest absolute Gasteiger partial charge is 0.392 e. The van der Waals surface area contributed by atoms with Crippen LogP contribution < -0.4 is 4.72 Å². The number of aliphatic hydroxyl groups is 1. The van der Waals surface area contributed by atoms with Crippen molar-refractivity contribution >= 4 is 33.2 Å². The third-order valence-corrected chi connectivity index (χ3v) is 5.66. The highest BCUT2D eigenvalue weighted by Crippen LogP contribution is 2.31. The lowest BCUT2D eigenvalue weighted by Crippen LogP contribution is -2.33. The van der Waals surface area contributed by atoms with Gasteiger partial charge in [0.15, 0.2) is 0 Å². The van der Waals surface area contributed by atoms with Gasteiger partial charge in [-0.1, -0.05) is 37.0 Å². The Morgan fingerprint density at radius 3 is 2.33 bits per heavy atom. The molecule has 1 aromatic rings. The highest BCUT2D eigenvalue weighted by molar-refractivity contribution is 7.89. The fraction of sp³-hybridized carbons (Fsp3) is 0.571. The summed E-state index contributed by atoms with van der Waals surface area (Å²) in [5.41, 5.74) is 0.219. The summed E-state index contributed by atoms with van der Waals surface area (Å²) in [5.74, 6) is 0.511. The average molecular weight is 354 g/mol. The molecular formula is C14H21Cl2NO3S. The summed E-state index contributed by atoms with van der Waals surface area (Å²) < 4.78 is 27.3. The minimum Gasteiger partial charge on any atom is -0.392 e. The Hall–Kier alpha value is -0.330. The van der Waals surface area contributed by atoms with E-state index in [2.05, 4.69) is 18.6 Å². The van der Waals surface area contributed by atoms with Crippen molar-refractivity contribution in [1.29, 1.82) is 0 Å². The number of hydrogen-bond donors (Lipinski definition) is 2. The van der Waals surface area contributed by atoms with Crippen LogP contribution in [0.15, 0.2) is 17.0 Å². The maximum Gasteiger partial charge on any atom is 0.242 e. The summed E-state index contributed by atoms with van der Waals surface area (Å²) in [6.45, 7) is 5.58. The highest BCUT2D eigenvalue weighted by atomic mass is 35.5. The zero-order valence-corrected chi connectivity index (χ0v) is 14.7. The van der Waals surface area contributed by atoms with Gasteiger partial charge in [0.2, 0.25) is 10.0 Å². The third kappa shape index (κ3) is 5.11. The first-order valence-corrected chi connectivity index (χ1v) is 9.03. The van der Waals surface area contributed by atoms with E-state index in [9.17, 15) is 13.5 Å². The zero-order chi connectivity index (χ0) is 16.2. The normalized spacial score (nSPS) is 13.7. The molecule has 21 heavy (non-hydrogen) atoms. The van der Waals surface area contributed by atoms with Crippen molar-refractivity contribution in [1.82, 2.24) is 4.72 Å². The van der Waals surface area contributed by atoms with E-state index in [1.54, 1.807) is 0 Å². The molecule has 1 rings (SSSR count). The predicted molar refractivity (Wildman–Crippen MR) is 86.2 cm³/mol. The molecule has 0 heterocycles. The number of nitrogens with one attached hydrogen (secondary N) is 1. The smallest absolute Gasteiger partial charge is 0.242 e. The van der Waals surface area contributed by atoms with Gasteiger partial charge in [-0.15, -0.1) is 0 Å². The van der Waals surface area contributed by atoms with Crippen molar-refractivity contribution in [3.63, 3.8) is 0 Å². The van der Waals surface area contributed by atoms with Gasteiger partial charge in [0.25, 0.3) is 0 Å². The van der Waals surface area contributed by atoms with Crippen molar-refractivity contribution < 1.29 is 13.5 Å². The van der Waals surface area contributed by atoms with Gasteiger partial charge in [-0.05, 0) is 37.8 Å². The van der Waals surface area contributed by atoms with Gasteiger partial charge in [0.1, 0.15) is 4.90 Å². The van der Waals surface area contributed by atoms with Gasteiger partial charge >= 0.3 is 0 Å². The van der Waals surface area contributed by atoms with Crippen LogP contribution >= 0.6 is 23.2 Å². The molecule has 0 aromatic heterocycles. The van der Waals surface area contributed by atoms with Gasteiger partial charge < -0.3 is 5.11 Å². The number of halogens is 2. The van der Waals surface area contributed by atoms with Crippen LogP contribution in [-0.4, -0.2) is 19.6 Å². The first-order chi connectivity index (χ1) is 9.69. The van der Waals surface area contributed by atoms with Crippen LogP contribution in [0, 0.1) is 5.92 Å². The van der Waals surface area contributed by atoms with Gasteiger partial charge in [-0.2, -0.15) is 0 Å². The molecule has 0 amide bonds. The molecule has 0 saturated carbocycles. The maximum absolute atomic E-state index is 12.4. The minimum absolute atomic E-state index is 0.0337. The SMILES string of the molecule is CC(C)CCC(C)NS(=O)(=O)c1ccc(Cl)c(CO)c1Cl. The van der Waals surface area contributed by atoms with E-state index in [4.69, 9.17) is 23.2 Å². The number of hydrogen-bond acceptors (Lipinski definition) is 3. The lowest BCUT2D eigenvalue weighted by atomic mass is 10.1. The molecule has 0 fully saturated rings. The summed E-state index contributed by atoms with van der Waals surface area (Å²) in [4.78, 5) is -0.0611. The predicted octanol–water partition coefficient (Wildman–Crippen LogP) is 3.59. The van der Waals surface area contributed by atoms with Gasteiger partial charge in [-0.25, -0.2) is 13.1 Å². The lowest BCUT2D eigenvalue weighted by molar-refractivity contribution is 0.281. The average Bonchev–Trinajstić information content (AvgIpc) is 2.36. The van der Waals surface area contributed by atoms with Crippen LogP contribution in [0.1, 0.15) is 39.2 Å². The Morgan fingerprint density at radius 2 is 1.81 bits per heavy atom. The Kier molecular flexibility index (Phi) is 6.94. The van der Waals surface area contributed by atoms with E-state index < -0.39 is 16.6 Å². The molecule has 0 spiro atoms. The van der Waals surface area contributed by atoms with Crippen molar-refractivity contribution in [2.24, 2.45) is 5.92 Å². The molecule has 1 unspecified atom stereocenters.